The maximum atomic E-state index is 16.3. The van der Waals surface area contributed by atoms with Gasteiger partial charge in [0.1, 0.15) is 5.52 Å². The van der Waals surface area contributed by atoms with E-state index in [0.717, 1.165) is 11.3 Å². The van der Waals surface area contributed by atoms with Crippen LogP contribution < -0.4 is 4.74 Å². The zero-order chi connectivity index (χ0) is 27.4. The summed E-state index contributed by atoms with van der Waals surface area (Å²) in [7, 11) is 2.98. The molecule has 10 heteroatoms. The number of aliphatic carboxylic acids is 1. The lowest BCUT2D eigenvalue weighted by Gasteiger charge is -2.35. The number of halogens is 2. The van der Waals surface area contributed by atoms with Gasteiger partial charge in [0, 0.05) is 40.7 Å². The second kappa shape index (κ2) is 9.36. The third kappa shape index (κ3) is 4.03. The van der Waals surface area contributed by atoms with Crippen LogP contribution in [-0.2, 0) is 14.9 Å². The summed E-state index contributed by atoms with van der Waals surface area (Å²) in [6.07, 6.45) is 2.34. The van der Waals surface area contributed by atoms with Crippen LogP contribution in [0.4, 0.5) is 8.78 Å². The monoisotopic (exact) mass is 527 g/mol. The molecule has 38 heavy (non-hydrogen) atoms. The minimum absolute atomic E-state index is 0.0438. The van der Waals surface area contributed by atoms with Crippen LogP contribution in [-0.4, -0.2) is 57.4 Å². The van der Waals surface area contributed by atoms with Crippen molar-refractivity contribution in [2.24, 2.45) is 0 Å². The molecule has 1 saturated carbocycles. The number of hydrogen-bond donors (Lipinski definition) is 3. The van der Waals surface area contributed by atoms with Gasteiger partial charge in [-0.2, -0.15) is 5.10 Å². The van der Waals surface area contributed by atoms with E-state index in [-0.39, 0.29) is 30.0 Å². The van der Waals surface area contributed by atoms with Crippen molar-refractivity contribution in [2.75, 3.05) is 20.8 Å². The quantitative estimate of drug-likeness (QED) is 0.305. The third-order valence-corrected chi connectivity index (χ3v) is 7.80. The zero-order valence-electron chi connectivity index (χ0n) is 21.8. The summed E-state index contributed by atoms with van der Waals surface area (Å²) in [5.41, 5.74) is 0.471. The number of hydrogen-bond acceptors (Lipinski definition) is 5. The fourth-order valence-corrected chi connectivity index (χ4v) is 5.98. The molecule has 0 atom stereocenters. The molecule has 0 aliphatic heterocycles. The van der Waals surface area contributed by atoms with Crippen molar-refractivity contribution >= 4 is 27.8 Å². The smallest absolute Gasteiger partial charge is 0.335 e. The predicted octanol–water partition coefficient (Wildman–Crippen LogP) is 5.19. The van der Waals surface area contributed by atoms with Crippen LogP contribution in [0.1, 0.15) is 56.7 Å². The molecule has 2 aromatic carbocycles. The number of aromatic nitrogens is 3. The Bertz CT molecular complexity index is 1530. The second-order valence-corrected chi connectivity index (χ2v) is 10.8. The molecule has 0 unspecified atom stereocenters. The Morgan fingerprint density at radius 2 is 1.95 bits per heavy atom. The highest BCUT2D eigenvalue weighted by Gasteiger charge is 2.43. The molecule has 0 radical (unpaired) electrons. The summed E-state index contributed by atoms with van der Waals surface area (Å²) in [6, 6.07) is 6.36. The molecule has 8 nitrogen and oxygen atoms in total. The Labute approximate surface area is 218 Å². The maximum Gasteiger partial charge on any atom is 0.335 e. The SMILES string of the molecule is COCC(C)(C)c1c(C2CCC(O)(C(=O)O)CC2)c2c(F)c3[nH]ncc3cc2n1-c1ccc(F)c(OC)c1. The van der Waals surface area contributed by atoms with E-state index in [2.05, 4.69) is 10.2 Å². The third-order valence-electron chi connectivity index (χ3n) is 7.80. The van der Waals surface area contributed by atoms with Gasteiger partial charge in [-0.15, -0.1) is 0 Å². The maximum absolute atomic E-state index is 16.3. The number of methoxy groups -OCH3 is 2. The van der Waals surface area contributed by atoms with Gasteiger partial charge in [-0.25, -0.2) is 13.6 Å². The van der Waals surface area contributed by atoms with Gasteiger partial charge in [-0.05, 0) is 55.4 Å². The first-order valence-corrected chi connectivity index (χ1v) is 12.5. The molecule has 2 aromatic heterocycles. The molecule has 1 aliphatic rings. The van der Waals surface area contributed by atoms with Gasteiger partial charge in [0.25, 0.3) is 0 Å². The average Bonchev–Trinajstić information content (AvgIpc) is 3.49. The minimum atomic E-state index is -1.81. The Morgan fingerprint density at radius 1 is 1.24 bits per heavy atom. The number of fused-ring (bicyclic) bond motifs is 2. The van der Waals surface area contributed by atoms with Crippen LogP contribution >= 0.6 is 0 Å². The molecular weight excluding hydrogens is 496 g/mol. The molecule has 2 heterocycles. The lowest BCUT2D eigenvalue weighted by atomic mass is 9.73. The molecule has 4 aromatic rings. The summed E-state index contributed by atoms with van der Waals surface area (Å²) in [6.45, 7) is 4.29. The van der Waals surface area contributed by atoms with E-state index in [1.54, 1.807) is 25.4 Å². The molecule has 1 aliphatic carbocycles. The summed E-state index contributed by atoms with van der Waals surface area (Å²) >= 11 is 0. The normalized spacial score (nSPS) is 20.3. The van der Waals surface area contributed by atoms with Crippen LogP contribution in [0.15, 0.2) is 30.5 Å². The molecule has 0 saturated heterocycles. The summed E-state index contributed by atoms with van der Waals surface area (Å²) < 4.78 is 43.5. The summed E-state index contributed by atoms with van der Waals surface area (Å²) in [4.78, 5) is 11.7. The lowest BCUT2D eigenvalue weighted by Crippen LogP contribution is -2.42. The van der Waals surface area contributed by atoms with Gasteiger partial charge in [0.15, 0.2) is 23.0 Å². The van der Waals surface area contributed by atoms with E-state index in [0.29, 0.717) is 41.4 Å². The number of rotatable bonds is 7. The van der Waals surface area contributed by atoms with Crippen molar-refractivity contribution in [3.8, 4) is 11.4 Å². The van der Waals surface area contributed by atoms with E-state index in [1.165, 1.54) is 13.2 Å². The van der Waals surface area contributed by atoms with Gasteiger partial charge >= 0.3 is 5.97 Å². The highest BCUT2D eigenvalue weighted by molar-refractivity contribution is 6.00. The van der Waals surface area contributed by atoms with Crippen LogP contribution in [0, 0.1) is 11.6 Å². The minimum Gasteiger partial charge on any atom is -0.494 e. The van der Waals surface area contributed by atoms with Gasteiger partial charge in [0.05, 0.1) is 25.4 Å². The highest BCUT2D eigenvalue weighted by Crippen LogP contribution is 2.48. The van der Waals surface area contributed by atoms with Crippen molar-refractivity contribution in [1.29, 1.82) is 0 Å². The second-order valence-electron chi connectivity index (χ2n) is 10.8. The number of nitrogens with one attached hydrogen (secondary N) is 1. The van der Waals surface area contributed by atoms with Crippen molar-refractivity contribution in [3.05, 3.63) is 53.4 Å². The summed E-state index contributed by atoms with van der Waals surface area (Å²) in [5.74, 6) is -2.42. The Kier molecular flexibility index (Phi) is 6.43. The molecular formula is C28H31F2N3O5. The van der Waals surface area contributed by atoms with E-state index < -0.39 is 28.6 Å². The van der Waals surface area contributed by atoms with E-state index in [1.807, 2.05) is 24.5 Å². The standard InChI is InChI=1S/C28H31F2N3O5/c1-27(2,14-37-3)25-21(15-7-9-28(36,10-8-15)26(34)35)22-19(11-16-13-31-32-24(16)23(22)30)33(25)17-5-6-18(29)20(12-17)38-4/h5-6,11-13,15,36H,7-10,14H2,1-4H3,(H,31,32)(H,34,35). The molecule has 0 amide bonds. The van der Waals surface area contributed by atoms with Gasteiger partial charge in [-0.1, -0.05) is 13.8 Å². The zero-order valence-corrected chi connectivity index (χ0v) is 21.8. The van der Waals surface area contributed by atoms with Gasteiger partial charge in [0.2, 0.25) is 0 Å². The fourth-order valence-electron chi connectivity index (χ4n) is 5.98. The van der Waals surface area contributed by atoms with Crippen molar-refractivity contribution in [2.45, 2.75) is 56.5 Å². The number of aliphatic hydroxyl groups is 1. The molecule has 0 spiro atoms. The van der Waals surface area contributed by atoms with Crippen molar-refractivity contribution < 1.29 is 33.3 Å². The van der Waals surface area contributed by atoms with Crippen LogP contribution in [0.5, 0.6) is 5.75 Å². The number of aromatic amines is 1. The summed E-state index contributed by atoms with van der Waals surface area (Å²) in [5, 5.41) is 27.9. The van der Waals surface area contributed by atoms with Crippen LogP contribution in [0.25, 0.3) is 27.5 Å². The first-order chi connectivity index (χ1) is 18.0. The van der Waals surface area contributed by atoms with E-state index in [9.17, 15) is 19.4 Å². The number of carboxylic acids is 1. The van der Waals surface area contributed by atoms with E-state index in [4.69, 9.17) is 9.47 Å². The fraction of sp³-hybridized carbons (Fsp3) is 0.429. The molecule has 0 bridgehead atoms. The molecule has 5 rings (SSSR count). The van der Waals surface area contributed by atoms with Crippen molar-refractivity contribution in [3.63, 3.8) is 0 Å². The van der Waals surface area contributed by atoms with Crippen LogP contribution in [0.3, 0.4) is 0 Å². The average molecular weight is 528 g/mol. The van der Waals surface area contributed by atoms with Gasteiger partial charge < -0.3 is 24.3 Å². The Balaban J connectivity index is 1.87. The highest BCUT2D eigenvalue weighted by atomic mass is 19.1. The first-order valence-electron chi connectivity index (χ1n) is 12.5. The van der Waals surface area contributed by atoms with Crippen LogP contribution in [0.2, 0.25) is 0 Å². The number of nitrogens with zero attached hydrogens (tertiary/aromatic N) is 2. The lowest BCUT2D eigenvalue weighted by molar-refractivity contribution is -0.162. The predicted molar refractivity (Wildman–Crippen MR) is 138 cm³/mol. The number of H-pyrrole nitrogens is 1. The molecule has 1 fully saturated rings. The van der Waals surface area contributed by atoms with E-state index >= 15 is 4.39 Å². The Hall–Kier alpha value is -3.50. The molecule has 202 valence electrons. The largest absolute Gasteiger partial charge is 0.494 e. The van der Waals surface area contributed by atoms with Gasteiger partial charge in [-0.3, -0.25) is 5.10 Å². The molecule has 3 N–H and O–H groups in total. The Morgan fingerprint density at radius 3 is 2.58 bits per heavy atom. The number of ether oxygens (including phenoxy) is 2. The van der Waals surface area contributed by atoms with Crippen molar-refractivity contribution in [1.82, 2.24) is 14.8 Å². The first kappa shape index (κ1) is 26.1. The number of benzene rings is 2. The topological polar surface area (TPSA) is 110 Å². The number of carbonyl (C=O) groups is 1. The number of carboxylic acid groups (broad SMARTS) is 1.